The van der Waals surface area contributed by atoms with Crippen molar-refractivity contribution in [3.05, 3.63) is 47.0 Å². The predicted octanol–water partition coefficient (Wildman–Crippen LogP) is 3.79. The third-order valence-corrected chi connectivity index (χ3v) is 4.98. The average Bonchev–Trinajstić information content (AvgIpc) is 3.08. The van der Waals surface area contributed by atoms with Crippen molar-refractivity contribution < 1.29 is 0 Å². The van der Waals surface area contributed by atoms with Crippen LogP contribution in [0.1, 0.15) is 36.1 Å². The van der Waals surface area contributed by atoms with Crippen LogP contribution in [0, 0.1) is 0 Å². The van der Waals surface area contributed by atoms with Gasteiger partial charge in [-0.3, -0.25) is 0 Å². The Kier molecular flexibility index (Phi) is 5.62. The van der Waals surface area contributed by atoms with Crippen LogP contribution in [0.4, 0.5) is 5.13 Å². The predicted molar refractivity (Wildman–Crippen MR) is 92.0 cm³/mol. The Hall–Kier alpha value is -1.10. The van der Waals surface area contributed by atoms with Crippen LogP contribution in [0.2, 0.25) is 0 Å². The molecule has 0 unspecified atom stereocenters. The topological polar surface area (TPSA) is 50.9 Å². The summed E-state index contributed by atoms with van der Waals surface area (Å²) in [7, 11) is 0. The summed E-state index contributed by atoms with van der Waals surface area (Å²) in [5.41, 5.74) is 7.37. The minimum Gasteiger partial charge on any atom is -0.375 e. The van der Waals surface area contributed by atoms with E-state index in [0.29, 0.717) is 5.13 Å². The second kappa shape index (κ2) is 7.25. The normalized spacial score (nSPS) is 16.6. The Morgan fingerprint density at radius 1 is 1.19 bits per heavy atom. The Balaban J connectivity index is 0.00000161. The lowest BCUT2D eigenvalue weighted by molar-refractivity contribution is 0.327. The Morgan fingerprint density at radius 3 is 2.52 bits per heavy atom. The van der Waals surface area contributed by atoms with E-state index in [1.54, 1.807) is 11.3 Å². The molecule has 1 saturated carbocycles. The van der Waals surface area contributed by atoms with Crippen molar-refractivity contribution in [2.75, 3.05) is 5.73 Å². The maximum Gasteiger partial charge on any atom is 0.180 e. The summed E-state index contributed by atoms with van der Waals surface area (Å²) in [6.45, 7) is 0.877. The fraction of sp³-hybridized carbons (Fsp3) is 0.438. The van der Waals surface area contributed by atoms with E-state index < -0.39 is 0 Å². The zero-order valence-corrected chi connectivity index (χ0v) is 13.7. The van der Waals surface area contributed by atoms with Gasteiger partial charge < -0.3 is 11.1 Å². The molecule has 1 aliphatic carbocycles. The number of nitrogens with zero attached hydrogens (tertiary/aromatic N) is 1. The number of rotatable bonds is 5. The number of nitrogens with one attached hydrogen (secondary N) is 1. The van der Waals surface area contributed by atoms with Gasteiger partial charge in [-0.15, -0.1) is 23.7 Å². The van der Waals surface area contributed by atoms with Crippen LogP contribution in [0.3, 0.4) is 0 Å². The number of nitrogens with two attached hydrogens (primary N) is 1. The molecule has 1 aliphatic rings. The van der Waals surface area contributed by atoms with Gasteiger partial charge in [-0.25, -0.2) is 4.98 Å². The van der Waals surface area contributed by atoms with Crippen LogP contribution in [-0.4, -0.2) is 10.5 Å². The third kappa shape index (κ3) is 4.19. The number of aromatic nitrogens is 1. The molecule has 3 rings (SSSR count). The van der Waals surface area contributed by atoms with Crippen LogP contribution >= 0.6 is 23.7 Å². The Morgan fingerprint density at radius 2 is 1.90 bits per heavy atom. The van der Waals surface area contributed by atoms with Gasteiger partial charge in [0.15, 0.2) is 5.13 Å². The monoisotopic (exact) mass is 323 g/mol. The van der Waals surface area contributed by atoms with Crippen LogP contribution in [-0.2, 0) is 13.0 Å². The van der Waals surface area contributed by atoms with E-state index in [-0.39, 0.29) is 17.9 Å². The molecule has 3 N–H and O–H groups in total. The molecule has 5 heteroatoms. The smallest absolute Gasteiger partial charge is 0.180 e. The minimum atomic E-state index is 0. The van der Waals surface area contributed by atoms with Gasteiger partial charge in [0, 0.05) is 23.2 Å². The van der Waals surface area contributed by atoms with Crippen molar-refractivity contribution >= 4 is 28.9 Å². The minimum absolute atomic E-state index is 0. The molecule has 0 spiro atoms. The Labute approximate surface area is 136 Å². The second-order valence-corrected chi connectivity index (χ2v) is 6.81. The number of benzene rings is 1. The first-order chi connectivity index (χ1) is 9.76. The molecular weight excluding hydrogens is 302 g/mol. The van der Waals surface area contributed by atoms with Gasteiger partial charge in [-0.05, 0) is 24.8 Å². The van der Waals surface area contributed by atoms with Gasteiger partial charge in [-0.1, -0.05) is 43.2 Å². The van der Waals surface area contributed by atoms with Crippen LogP contribution in [0.25, 0.3) is 0 Å². The summed E-state index contributed by atoms with van der Waals surface area (Å²) < 4.78 is 0. The van der Waals surface area contributed by atoms with Gasteiger partial charge in [-0.2, -0.15) is 0 Å². The zero-order chi connectivity index (χ0) is 13.8. The van der Waals surface area contributed by atoms with Crippen molar-refractivity contribution in [2.45, 2.75) is 44.2 Å². The number of anilines is 1. The largest absolute Gasteiger partial charge is 0.375 e. The molecule has 0 saturated heterocycles. The molecule has 0 bridgehead atoms. The van der Waals surface area contributed by atoms with Gasteiger partial charge in [0.05, 0.1) is 0 Å². The number of halogens is 1. The van der Waals surface area contributed by atoms with Gasteiger partial charge in [0.1, 0.15) is 0 Å². The highest BCUT2D eigenvalue weighted by molar-refractivity contribution is 7.15. The number of nitrogen functional groups attached to an aromatic ring is 1. The molecule has 21 heavy (non-hydrogen) atoms. The lowest BCUT2D eigenvalue weighted by Gasteiger charge is -2.30. The average molecular weight is 324 g/mol. The SMILES string of the molecule is Cl.Nc1ncc(CNC2(Cc3ccccc3)CCCC2)s1. The summed E-state index contributed by atoms with van der Waals surface area (Å²) in [5.74, 6) is 0. The van der Waals surface area contributed by atoms with E-state index in [4.69, 9.17) is 5.73 Å². The van der Waals surface area contributed by atoms with Crippen molar-refractivity contribution in [2.24, 2.45) is 0 Å². The second-order valence-electron chi connectivity index (χ2n) is 5.67. The standard InChI is InChI=1S/C16H21N3S.ClH/c17-15-18-11-14(20-15)12-19-16(8-4-5-9-16)10-13-6-2-1-3-7-13;/h1-3,6-7,11,19H,4-5,8-10,12H2,(H2,17,18);1H. The van der Waals surface area contributed by atoms with Crippen LogP contribution in [0.15, 0.2) is 36.5 Å². The summed E-state index contributed by atoms with van der Waals surface area (Å²) in [4.78, 5) is 5.35. The molecule has 1 aromatic heterocycles. The summed E-state index contributed by atoms with van der Waals surface area (Å²) in [6, 6.07) is 10.8. The molecule has 2 aromatic rings. The highest BCUT2D eigenvalue weighted by Crippen LogP contribution is 2.33. The van der Waals surface area contributed by atoms with E-state index in [9.17, 15) is 0 Å². The van der Waals surface area contributed by atoms with Gasteiger partial charge in [0.2, 0.25) is 0 Å². The summed E-state index contributed by atoms with van der Waals surface area (Å²) >= 11 is 1.58. The lowest BCUT2D eigenvalue weighted by atomic mass is 9.89. The van der Waals surface area contributed by atoms with Crippen LogP contribution in [0.5, 0.6) is 0 Å². The molecule has 0 atom stereocenters. The Bertz CT molecular complexity index is 550. The van der Waals surface area contributed by atoms with E-state index in [1.807, 2.05) is 6.20 Å². The van der Waals surface area contributed by atoms with E-state index in [1.165, 1.54) is 36.1 Å². The summed E-state index contributed by atoms with van der Waals surface area (Å²) in [6.07, 6.45) is 8.17. The molecule has 114 valence electrons. The van der Waals surface area contributed by atoms with E-state index >= 15 is 0 Å². The third-order valence-electron chi connectivity index (χ3n) is 4.16. The molecule has 0 amide bonds. The fourth-order valence-corrected chi connectivity index (χ4v) is 3.76. The van der Waals surface area contributed by atoms with Gasteiger partial charge >= 0.3 is 0 Å². The number of hydrogen-bond donors (Lipinski definition) is 2. The summed E-state index contributed by atoms with van der Waals surface area (Å²) in [5, 5.41) is 4.45. The highest BCUT2D eigenvalue weighted by atomic mass is 35.5. The first kappa shape index (κ1) is 16.3. The van der Waals surface area contributed by atoms with Crippen molar-refractivity contribution in [3.63, 3.8) is 0 Å². The first-order valence-corrected chi connectivity index (χ1v) is 8.07. The van der Waals surface area contributed by atoms with E-state index in [0.717, 1.165) is 13.0 Å². The number of thiazole rings is 1. The molecule has 0 aliphatic heterocycles. The lowest BCUT2D eigenvalue weighted by Crippen LogP contribution is -2.44. The molecule has 1 fully saturated rings. The quantitative estimate of drug-likeness (QED) is 0.880. The number of hydrogen-bond acceptors (Lipinski definition) is 4. The van der Waals surface area contributed by atoms with E-state index in [2.05, 4.69) is 40.6 Å². The zero-order valence-electron chi connectivity index (χ0n) is 12.0. The van der Waals surface area contributed by atoms with Crippen molar-refractivity contribution in [3.8, 4) is 0 Å². The maximum absolute atomic E-state index is 5.70. The molecule has 1 heterocycles. The first-order valence-electron chi connectivity index (χ1n) is 7.25. The molecule has 3 nitrogen and oxygen atoms in total. The highest BCUT2D eigenvalue weighted by Gasteiger charge is 2.33. The maximum atomic E-state index is 5.70. The van der Waals surface area contributed by atoms with Crippen LogP contribution < -0.4 is 11.1 Å². The molecule has 0 radical (unpaired) electrons. The molecule has 1 aromatic carbocycles. The van der Waals surface area contributed by atoms with Crippen molar-refractivity contribution in [1.82, 2.24) is 10.3 Å². The van der Waals surface area contributed by atoms with Crippen molar-refractivity contribution in [1.29, 1.82) is 0 Å². The van der Waals surface area contributed by atoms with Gasteiger partial charge in [0.25, 0.3) is 0 Å². The fourth-order valence-electron chi connectivity index (χ4n) is 3.13. The molecular formula is C16H22ClN3S.